The molecule has 4 heterocycles. The third-order valence-corrected chi connectivity index (χ3v) is 3.83. The average Bonchev–Trinajstić information content (AvgIpc) is 3.46. The lowest BCUT2D eigenvalue weighted by Crippen LogP contribution is -2.29. The lowest BCUT2D eigenvalue weighted by molar-refractivity contribution is 0.0946. The van der Waals surface area contributed by atoms with Crippen molar-refractivity contribution in [2.75, 3.05) is 18.4 Å². The molecule has 0 aliphatic heterocycles. The lowest BCUT2D eigenvalue weighted by Gasteiger charge is -2.06. The van der Waals surface area contributed by atoms with E-state index in [9.17, 15) is 4.79 Å². The Morgan fingerprint density at radius 2 is 2.07 bits per heavy atom. The van der Waals surface area contributed by atoms with Gasteiger partial charge in [-0.2, -0.15) is 5.10 Å². The highest BCUT2D eigenvalue weighted by Crippen LogP contribution is 2.20. The van der Waals surface area contributed by atoms with E-state index in [0.717, 1.165) is 5.69 Å². The molecule has 10 nitrogen and oxygen atoms in total. The minimum atomic E-state index is -0.334. The highest BCUT2D eigenvalue weighted by Gasteiger charge is 2.14. The molecule has 0 unspecified atom stereocenters. The van der Waals surface area contributed by atoms with Crippen molar-refractivity contribution in [3.63, 3.8) is 0 Å². The molecule has 4 rings (SSSR count). The van der Waals surface area contributed by atoms with Gasteiger partial charge < -0.3 is 19.6 Å². The summed E-state index contributed by atoms with van der Waals surface area (Å²) in [6, 6.07) is 10.5. The molecule has 10 heteroatoms. The molecule has 0 spiro atoms. The number of hydrogen-bond acceptors (Lipinski definition) is 8. The van der Waals surface area contributed by atoms with Crippen LogP contribution in [0.4, 0.5) is 5.82 Å². The Hall–Kier alpha value is -3.95. The van der Waals surface area contributed by atoms with Crippen molar-refractivity contribution in [2.24, 2.45) is 0 Å². The highest BCUT2D eigenvalue weighted by atomic mass is 16.5. The van der Waals surface area contributed by atoms with Gasteiger partial charge in [0.05, 0.1) is 12.0 Å². The first-order chi connectivity index (χ1) is 13.7. The summed E-state index contributed by atoms with van der Waals surface area (Å²) in [6.07, 6.45) is 3.35. The van der Waals surface area contributed by atoms with Crippen molar-refractivity contribution in [3.05, 3.63) is 60.2 Å². The second-order valence-corrected chi connectivity index (χ2v) is 5.91. The maximum Gasteiger partial charge on any atom is 0.273 e. The minimum Gasteiger partial charge on any atom is -0.461 e. The van der Waals surface area contributed by atoms with Crippen molar-refractivity contribution in [1.82, 2.24) is 30.5 Å². The van der Waals surface area contributed by atoms with E-state index in [2.05, 4.69) is 31.1 Å². The summed E-state index contributed by atoms with van der Waals surface area (Å²) in [4.78, 5) is 12.1. The number of aromatic nitrogens is 5. The van der Waals surface area contributed by atoms with Gasteiger partial charge >= 0.3 is 0 Å². The van der Waals surface area contributed by atoms with E-state index in [1.54, 1.807) is 22.9 Å². The number of furan rings is 1. The second-order valence-electron chi connectivity index (χ2n) is 5.91. The second kappa shape index (κ2) is 7.74. The van der Waals surface area contributed by atoms with Crippen LogP contribution in [0.15, 0.2) is 57.8 Å². The number of aryl methyl sites for hydroxylation is 1. The lowest BCUT2D eigenvalue weighted by atomic mass is 10.3. The monoisotopic (exact) mass is 379 g/mol. The number of carbonyl (C=O) groups is 1. The van der Waals surface area contributed by atoms with Crippen LogP contribution in [-0.2, 0) is 0 Å². The number of nitrogens with one attached hydrogen (secondary N) is 2. The number of nitrogens with zero attached hydrogens (tertiary/aromatic N) is 5. The third kappa shape index (κ3) is 3.90. The molecule has 0 saturated heterocycles. The predicted octanol–water partition coefficient (Wildman–Crippen LogP) is 2.06. The van der Waals surface area contributed by atoms with Gasteiger partial charge in [-0.3, -0.25) is 4.79 Å². The van der Waals surface area contributed by atoms with Gasteiger partial charge in [-0.05, 0) is 37.3 Å². The topological polar surface area (TPSA) is 124 Å². The van der Waals surface area contributed by atoms with Crippen LogP contribution in [0.1, 0.15) is 16.2 Å². The Bertz CT molecular complexity index is 1050. The van der Waals surface area contributed by atoms with Gasteiger partial charge in [0.15, 0.2) is 17.3 Å². The van der Waals surface area contributed by atoms with Gasteiger partial charge in [0, 0.05) is 25.4 Å². The first-order valence-corrected chi connectivity index (χ1v) is 8.58. The normalized spacial score (nSPS) is 10.8. The van der Waals surface area contributed by atoms with Gasteiger partial charge in [0.1, 0.15) is 5.82 Å². The summed E-state index contributed by atoms with van der Waals surface area (Å²) in [5.74, 6) is 1.81. The largest absolute Gasteiger partial charge is 0.461 e. The number of rotatable bonds is 7. The van der Waals surface area contributed by atoms with Crippen LogP contribution in [0.3, 0.4) is 0 Å². The standard InChI is InChI=1S/C18H17N7O3/c1-12-6-9-25(23-12)17-5-4-16(21-22-17)19-7-8-20-18(26)13-11-15(28-24-13)14-3-2-10-27-14/h2-6,9-11H,7-8H2,1H3,(H,19,21)(H,20,26). The predicted molar refractivity (Wildman–Crippen MR) is 98.9 cm³/mol. The zero-order valence-electron chi connectivity index (χ0n) is 15.0. The highest BCUT2D eigenvalue weighted by molar-refractivity contribution is 5.92. The molecule has 0 radical (unpaired) electrons. The Morgan fingerprint density at radius 1 is 1.14 bits per heavy atom. The van der Waals surface area contributed by atoms with Crippen molar-refractivity contribution in [1.29, 1.82) is 0 Å². The van der Waals surface area contributed by atoms with Crippen molar-refractivity contribution >= 4 is 11.7 Å². The van der Waals surface area contributed by atoms with Crippen LogP contribution >= 0.6 is 0 Å². The fraction of sp³-hybridized carbons (Fsp3) is 0.167. The van der Waals surface area contributed by atoms with Crippen LogP contribution in [0.5, 0.6) is 0 Å². The van der Waals surface area contributed by atoms with Gasteiger partial charge in [-0.25, -0.2) is 4.68 Å². The van der Waals surface area contributed by atoms with E-state index in [1.807, 2.05) is 25.3 Å². The smallest absolute Gasteiger partial charge is 0.273 e. The molecule has 0 aliphatic rings. The molecule has 0 fully saturated rings. The van der Waals surface area contributed by atoms with E-state index in [4.69, 9.17) is 8.94 Å². The number of carbonyl (C=O) groups excluding carboxylic acids is 1. The van der Waals surface area contributed by atoms with Gasteiger partial charge in [0.2, 0.25) is 5.76 Å². The van der Waals surface area contributed by atoms with Crippen LogP contribution in [0, 0.1) is 6.92 Å². The molecular formula is C18H17N7O3. The first kappa shape index (κ1) is 17.5. The molecule has 4 aromatic heterocycles. The Kier molecular flexibility index (Phi) is 4.83. The molecule has 0 saturated carbocycles. The summed E-state index contributed by atoms with van der Waals surface area (Å²) in [5, 5.41) is 22.1. The Labute approximate surface area is 159 Å². The number of hydrogen-bond donors (Lipinski definition) is 2. The molecule has 0 aromatic carbocycles. The van der Waals surface area contributed by atoms with E-state index in [-0.39, 0.29) is 11.6 Å². The molecule has 1 amide bonds. The zero-order chi connectivity index (χ0) is 19.3. The first-order valence-electron chi connectivity index (χ1n) is 8.58. The van der Waals surface area contributed by atoms with E-state index < -0.39 is 0 Å². The fourth-order valence-corrected chi connectivity index (χ4v) is 2.46. The Morgan fingerprint density at radius 3 is 2.79 bits per heavy atom. The third-order valence-electron chi connectivity index (χ3n) is 3.83. The van der Waals surface area contributed by atoms with Crippen molar-refractivity contribution < 1.29 is 13.7 Å². The SMILES string of the molecule is Cc1ccn(-c2ccc(NCCNC(=O)c3cc(-c4ccco4)on3)nn2)n1. The van der Waals surface area contributed by atoms with Crippen molar-refractivity contribution in [3.8, 4) is 17.3 Å². The number of amides is 1. The summed E-state index contributed by atoms with van der Waals surface area (Å²) in [6.45, 7) is 2.76. The molecule has 4 aromatic rings. The molecule has 28 heavy (non-hydrogen) atoms. The van der Waals surface area contributed by atoms with Gasteiger partial charge in [0.25, 0.3) is 5.91 Å². The summed E-state index contributed by atoms with van der Waals surface area (Å²) >= 11 is 0. The summed E-state index contributed by atoms with van der Waals surface area (Å²) in [5.41, 5.74) is 1.09. The van der Waals surface area contributed by atoms with Gasteiger partial charge in [-0.15, -0.1) is 10.2 Å². The summed E-state index contributed by atoms with van der Waals surface area (Å²) in [7, 11) is 0. The maximum absolute atomic E-state index is 12.1. The van der Waals surface area contributed by atoms with Crippen LogP contribution in [0.2, 0.25) is 0 Å². The maximum atomic E-state index is 12.1. The summed E-state index contributed by atoms with van der Waals surface area (Å²) < 4.78 is 12.0. The molecular weight excluding hydrogens is 362 g/mol. The fourth-order valence-electron chi connectivity index (χ4n) is 2.46. The number of anilines is 1. The van der Waals surface area contributed by atoms with Crippen LogP contribution in [0.25, 0.3) is 17.3 Å². The molecule has 0 bridgehead atoms. The Balaban J connectivity index is 1.25. The quantitative estimate of drug-likeness (QED) is 0.468. The van der Waals surface area contributed by atoms with Crippen molar-refractivity contribution in [2.45, 2.75) is 6.92 Å². The average molecular weight is 379 g/mol. The molecule has 142 valence electrons. The van der Waals surface area contributed by atoms with Gasteiger partial charge in [-0.1, -0.05) is 5.16 Å². The van der Waals surface area contributed by atoms with Crippen LogP contribution in [-0.4, -0.2) is 44.1 Å². The molecule has 2 N–H and O–H groups in total. The minimum absolute atomic E-state index is 0.185. The zero-order valence-corrected chi connectivity index (χ0v) is 15.0. The van der Waals surface area contributed by atoms with Crippen LogP contribution < -0.4 is 10.6 Å². The van der Waals surface area contributed by atoms with E-state index >= 15 is 0 Å². The van der Waals surface area contributed by atoms with E-state index in [0.29, 0.717) is 36.2 Å². The molecule has 0 atom stereocenters. The van der Waals surface area contributed by atoms with E-state index in [1.165, 1.54) is 12.3 Å². The molecule has 0 aliphatic carbocycles.